The van der Waals surface area contributed by atoms with Gasteiger partial charge < -0.3 is 4.74 Å². The molecule has 0 radical (unpaired) electrons. The van der Waals surface area contributed by atoms with E-state index >= 15 is 0 Å². The summed E-state index contributed by atoms with van der Waals surface area (Å²) in [4.78, 5) is 28.1. The van der Waals surface area contributed by atoms with Crippen LogP contribution >= 0.6 is 46.4 Å². The Labute approximate surface area is 151 Å². The zero-order valence-electron chi connectivity index (χ0n) is 11.8. The molecule has 3 aliphatic heterocycles. The molecule has 3 saturated heterocycles. The van der Waals surface area contributed by atoms with Gasteiger partial charge >= 0.3 is 0 Å². The van der Waals surface area contributed by atoms with Crippen molar-refractivity contribution in [3.05, 3.63) is 10.1 Å². The molecule has 0 N–H and O–H groups in total. The predicted molar refractivity (Wildman–Crippen MR) is 82.0 cm³/mol. The average Bonchev–Trinajstić information content (AvgIpc) is 3.21. The Balaban J connectivity index is 1.65. The third-order valence-corrected chi connectivity index (χ3v) is 8.64. The first kappa shape index (κ1) is 15.2. The summed E-state index contributed by atoms with van der Waals surface area (Å²) in [6, 6.07) is 0. The minimum absolute atomic E-state index is 0.239. The molecule has 4 bridgehead atoms. The number of carbonyl (C=O) groups excluding carboxylic acids is 2. The third kappa shape index (κ3) is 1.37. The van der Waals surface area contributed by atoms with Crippen LogP contribution in [0.25, 0.3) is 0 Å². The highest BCUT2D eigenvalue weighted by Crippen LogP contribution is 2.75. The molecule has 5 rings (SSSR count). The predicted octanol–water partition coefficient (Wildman–Crippen LogP) is 2.22. The lowest BCUT2D eigenvalue weighted by atomic mass is 9.65. The van der Waals surface area contributed by atoms with E-state index in [4.69, 9.17) is 56.0 Å². The lowest BCUT2D eigenvalue weighted by Gasteiger charge is -2.40. The first-order chi connectivity index (χ1) is 10.8. The van der Waals surface area contributed by atoms with Crippen molar-refractivity contribution in [3.8, 4) is 0 Å². The van der Waals surface area contributed by atoms with Crippen LogP contribution in [0.1, 0.15) is 6.42 Å². The van der Waals surface area contributed by atoms with Gasteiger partial charge in [-0.25, -0.2) is 0 Å². The van der Waals surface area contributed by atoms with Crippen molar-refractivity contribution in [2.75, 3.05) is 7.11 Å². The van der Waals surface area contributed by atoms with Crippen LogP contribution in [0, 0.1) is 23.7 Å². The van der Waals surface area contributed by atoms with E-state index in [2.05, 4.69) is 0 Å². The summed E-state index contributed by atoms with van der Waals surface area (Å²) in [7, 11) is 1.30. The molecule has 0 aromatic rings. The number of rotatable bonds is 1. The Morgan fingerprint density at radius 3 is 1.87 bits per heavy atom. The summed E-state index contributed by atoms with van der Waals surface area (Å²) in [6.07, 6.45) is -0.603. The smallest absolute Gasteiger partial charge is 0.260 e. The normalized spacial score (nSPS) is 56.1. The first-order valence-corrected chi connectivity index (χ1v) is 8.80. The van der Waals surface area contributed by atoms with Crippen LogP contribution < -0.4 is 0 Å². The van der Waals surface area contributed by atoms with Crippen molar-refractivity contribution in [3.63, 3.8) is 0 Å². The van der Waals surface area contributed by atoms with E-state index in [1.54, 1.807) is 0 Å². The van der Waals surface area contributed by atoms with Gasteiger partial charge in [-0.3, -0.25) is 14.4 Å². The second-order valence-corrected chi connectivity index (χ2v) is 8.96. The quantitative estimate of drug-likeness (QED) is 0.502. The van der Waals surface area contributed by atoms with E-state index in [1.807, 2.05) is 0 Å². The van der Waals surface area contributed by atoms with Crippen LogP contribution in [-0.2, 0) is 19.2 Å². The van der Waals surface area contributed by atoms with Crippen LogP contribution in [0.3, 0.4) is 0 Å². The van der Waals surface area contributed by atoms with Crippen molar-refractivity contribution in [2.45, 2.75) is 28.4 Å². The number of ether oxygens (including phenoxy) is 1. The van der Waals surface area contributed by atoms with E-state index in [9.17, 15) is 9.59 Å². The summed E-state index contributed by atoms with van der Waals surface area (Å²) < 4.78 is 6.01. The van der Waals surface area contributed by atoms with Crippen LogP contribution in [-0.4, -0.2) is 45.9 Å². The van der Waals surface area contributed by atoms with Crippen molar-refractivity contribution in [1.82, 2.24) is 5.06 Å². The molecular formula is C14H11Cl4NO4. The lowest BCUT2D eigenvalue weighted by Crippen LogP contribution is -2.50. The van der Waals surface area contributed by atoms with E-state index in [0.717, 1.165) is 5.06 Å². The van der Waals surface area contributed by atoms with Gasteiger partial charge in [-0.1, -0.05) is 23.2 Å². The zero-order chi connectivity index (χ0) is 16.5. The van der Waals surface area contributed by atoms with Gasteiger partial charge in [0.1, 0.15) is 0 Å². The summed E-state index contributed by atoms with van der Waals surface area (Å²) in [5.74, 6) is -2.43. The summed E-state index contributed by atoms with van der Waals surface area (Å²) in [5.41, 5.74) is 0. The minimum atomic E-state index is -0.931. The molecular weight excluding hydrogens is 388 g/mol. The Bertz CT molecular complexity index is 659. The molecule has 5 aliphatic rings. The molecule has 0 spiro atoms. The molecule has 4 fully saturated rings. The number of hydrogen-bond acceptors (Lipinski definition) is 4. The fourth-order valence-electron chi connectivity index (χ4n) is 5.44. The van der Waals surface area contributed by atoms with Crippen molar-refractivity contribution < 1.29 is 19.2 Å². The standard InChI is InChI=1S/C14H11Cl4NO4/c1-22-19-11(20)3-4(12(19)21)8-6-5(7(3)23-8)13(17)2-14(6,18)10(16)9(13)15/h3-8H,2H2,1H3/t3-,4+,5+,6?,7+,8-,13+,14-/m1/s1. The highest BCUT2D eigenvalue weighted by atomic mass is 35.5. The maximum atomic E-state index is 12.5. The topological polar surface area (TPSA) is 55.8 Å². The summed E-state index contributed by atoms with van der Waals surface area (Å²) in [6.45, 7) is 0. The number of nitrogens with zero attached hydrogens (tertiary/aromatic N) is 1. The van der Waals surface area contributed by atoms with Gasteiger partial charge in [-0.05, 0) is 6.42 Å². The molecule has 9 heteroatoms. The number of hydroxylamine groups is 2. The Kier molecular flexibility index (Phi) is 2.78. The minimum Gasteiger partial charge on any atom is -0.373 e. The van der Waals surface area contributed by atoms with Crippen LogP contribution in [0.5, 0.6) is 0 Å². The molecule has 3 heterocycles. The third-order valence-electron chi connectivity index (χ3n) is 6.15. The molecule has 8 atom stereocenters. The van der Waals surface area contributed by atoms with E-state index in [0.29, 0.717) is 16.5 Å². The largest absolute Gasteiger partial charge is 0.373 e. The summed E-state index contributed by atoms with van der Waals surface area (Å²) in [5, 5.41) is 1.49. The second kappa shape index (κ2) is 4.19. The Morgan fingerprint density at radius 2 is 1.48 bits per heavy atom. The fraction of sp³-hybridized carbons (Fsp3) is 0.714. The summed E-state index contributed by atoms with van der Waals surface area (Å²) >= 11 is 26.3. The highest BCUT2D eigenvalue weighted by Gasteiger charge is 2.81. The average molecular weight is 399 g/mol. The van der Waals surface area contributed by atoms with Crippen molar-refractivity contribution in [1.29, 1.82) is 0 Å². The van der Waals surface area contributed by atoms with Gasteiger partial charge in [-0.15, -0.1) is 23.2 Å². The van der Waals surface area contributed by atoms with Gasteiger partial charge in [0.2, 0.25) is 0 Å². The molecule has 0 aromatic carbocycles. The number of fused-ring (bicyclic) bond motifs is 12. The highest BCUT2D eigenvalue weighted by molar-refractivity contribution is 6.51. The van der Waals surface area contributed by atoms with Crippen molar-refractivity contribution >= 4 is 58.2 Å². The fourth-order valence-corrected chi connectivity index (χ4v) is 7.46. The van der Waals surface area contributed by atoms with Gasteiger partial charge in [0.25, 0.3) is 11.8 Å². The van der Waals surface area contributed by atoms with Crippen molar-refractivity contribution in [2.24, 2.45) is 23.7 Å². The SMILES string of the molecule is CON1C(=O)[C@H]2[C@@H]3O[C@@H](C4[C@@H]3[C@@]3(Cl)C[C@]4(Cl)C(Cl)=C3Cl)[C@H]2C1=O. The maximum absolute atomic E-state index is 12.5. The van der Waals surface area contributed by atoms with Gasteiger partial charge in [0.15, 0.2) is 0 Å². The van der Waals surface area contributed by atoms with Gasteiger partial charge in [-0.2, -0.15) is 5.06 Å². The second-order valence-electron chi connectivity index (χ2n) is 6.85. The van der Waals surface area contributed by atoms with Crippen LogP contribution in [0.15, 0.2) is 10.1 Å². The molecule has 1 saturated carbocycles. The molecule has 2 amide bonds. The Hall–Kier alpha value is -0.0400. The Morgan fingerprint density at radius 1 is 1.04 bits per heavy atom. The van der Waals surface area contributed by atoms with E-state index in [1.165, 1.54) is 7.11 Å². The number of amides is 2. The molecule has 1 unspecified atom stereocenters. The molecule has 5 nitrogen and oxygen atoms in total. The van der Waals surface area contributed by atoms with Crippen LogP contribution in [0.2, 0.25) is 0 Å². The number of carbonyl (C=O) groups is 2. The van der Waals surface area contributed by atoms with Gasteiger partial charge in [0, 0.05) is 11.8 Å². The number of allylic oxidation sites excluding steroid dienone is 2. The zero-order valence-corrected chi connectivity index (χ0v) is 14.8. The van der Waals surface area contributed by atoms with Crippen LogP contribution in [0.4, 0.5) is 0 Å². The molecule has 124 valence electrons. The molecule has 2 aliphatic carbocycles. The number of hydrogen-bond donors (Lipinski definition) is 0. The van der Waals surface area contributed by atoms with E-state index < -0.39 is 33.8 Å². The molecule has 0 aromatic heterocycles. The number of imide groups is 1. The van der Waals surface area contributed by atoms with E-state index in [-0.39, 0.29) is 23.7 Å². The lowest BCUT2D eigenvalue weighted by molar-refractivity contribution is -0.184. The first-order valence-electron chi connectivity index (χ1n) is 7.29. The monoisotopic (exact) mass is 397 g/mol. The molecule has 23 heavy (non-hydrogen) atoms. The van der Waals surface area contributed by atoms with Gasteiger partial charge in [0.05, 0.1) is 51.0 Å². The number of alkyl halides is 2. The maximum Gasteiger partial charge on any atom is 0.260 e. The number of halogens is 4.